The molecule has 0 aromatic carbocycles. The molecule has 2 aromatic rings. The molecule has 21 heavy (non-hydrogen) atoms. The molecule has 112 valence electrons. The molecule has 2 aromatic heterocycles. The van der Waals surface area contributed by atoms with E-state index in [0.29, 0.717) is 36.2 Å². The molecule has 7 nitrogen and oxygen atoms in total. The number of oxazole rings is 1. The number of nitrogens with one attached hydrogen (secondary N) is 1. The van der Waals surface area contributed by atoms with Crippen LogP contribution in [0, 0.1) is 6.92 Å². The Morgan fingerprint density at radius 3 is 2.76 bits per heavy atom. The van der Waals surface area contributed by atoms with Gasteiger partial charge in [-0.15, -0.1) is 0 Å². The molecule has 1 N–H and O–H groups in total. The predicted octanol–water partition coefficient (Wildman–Crippen LogP) is 2.12. The summed E-state index contributed by atoms with van der Waals surface area (Å²) < 4.78 is 10.4. The molecule has 0 saturated heterocycles. The van der Waals surface area contributed by atoms with Gasteiger partial charge in [-0.2, -0.15) is 0 Å². The Balaban J connectivity index is 2.01. The molecular formula is C14H18N4O3. The first-order valence-corrected chi connectivity index (χ1v) is 6.82. The molecule has 0 aliphatic heterocycles. The standard InChI is InChI=1S/C14H18N4O3/c1-4-10-6-15-12(21-10)8-17-14-16-7-11(9(3)18-14)13(19)20-5-2/h6-7H,4-5,8H2,1-3H3,(H,16,17,18). The molecule has 0 fully saturated rings. The van der Waals surface area contributed by atoms with Crippen molar-refractivity contribution in [1.29, 1.82) is 0 Å². The van der Waals surface area contributed by atoms with Crippen LogP contribution in [0.1, 0.15) is 41.6 Å². The van der Waals surface area contributed by atoms with Gasteiger partial charge in [0, 0.05) is 12.6 Å². The lowest BCUT2D eigenvalue weighted by Gasteiger charge is -2.07. The monoisotopic (exact) mass is 290 g/mol. The van der Waals surface area contributed by atoms with E-state index in [1.807, 2.05) is 6.92 Å². The highest BCUT2D eigenvalue weighted by Crippen LogP contribution is 2.10. The molecule has 0 saturated carbocycles. The van der Waals surface area contributed by atoms with Crippen molar-refractivity contribution in [2.24, 2.45) is 0 Å². The smallest absolute Gasteiger partial charge is 0.341 e. The number of ether oxygens (including phenoxy) is 1. The number of aryl methyl sites for hydroxylation is 2. The molecule has 2 rings (SSSR count). The van der Waals surface area contributed by atoms with Crippen LogP contribution in [0.5, 0.6) is 0 Å². The minimum absolute atomic E-state index is 0.322. The van der Waals surface area contributed by atoms with Crippen LogP contribution in [0.2, 0.25) is 0 Å². The lowest BCUT2D eigenvalue weighted by atomic mass is 10.2. The van der Waals surface area contributed by atoms with E-state index < -0.39 is 5.97 Å². The van der Waals surface area contributed by atoms with Crippen LogP contribution < -0.4 is 5.32 Å². The minimum Gasteiger partial charge on any atom is -0.462 e. The normalized spacial score (nSPS) is 10.4. The predicted molar refractivity (Wildman–Crippen MR) is 75.9 cm³/mol. The van der Waals surface area contributed by atoms with Gasteiger partial charge in [0.1, 0.15) is 5.76 Å². The fourth-order valence-corrected chi connectivity index (χ4v) is 1.71. The molecule has 2 heterocycles. The Morgan fingerprint density at radius 2 is 2.14 bits per heavy atom. The molecule has 7 heteroatoms. The minimum atomic E-state index is -0.415. The SMILES string of the molecule is CCOC(=O)c1cnc(NCc2ncc(CC)o2)nc1C. The first-order valence-electron chi connectivity index (χ1n) is 6.82. The highest BCUT2D eigenvalue weighted by Gasteiger charge is 2.12. The third-order valence-corrected chi connectivity index (χ3v) is 2.82. The number of rotatable bonds is 6. The number of carbonyl (C=O) groups excluding carboxylic acids is 1. The lowest BCUT2D eigenvalue weighted by Crippen LogP contribution is -2.11. The van der Waals surface area contributed by atoms with E-state index in [4.69, 9.17) is 9.15 Å². The second-order valence-corrected chi connectivity index (χ2v) is 4.34. The van der Waals surface area contributed by atoms with Gasteiger partial charge in [0.05, 0.1) is 30.6 Å². The maximum absolute atomic E-state index is 11.6. The summed E-state index contributed by atoms with van der Waals surface area (Å²) in [6, 6.07) is 0. The van der Waals surface area contributed by atoms with Gasteiger partial charge in [-0.3, -0.25) is 0 Å². The molecule has 0 atom stereocenters. The zero-order chi connectivity index (χ0) is 15.2. The van der Waals surface area contributed by atoms with Gasteiger partial charge in [-0.25, -0.2) is 19.7 Å². The van der Waals surface area contributed by atoms with Crippen LogP contribution >= 0.6 is 0 Å². The quantitative estimate of drug-likeness (QED) is 0.815. The summed E-state index contributed by atoms with van der Waals surface area (Å²) in [7, 11) is 0. The molecule has 0 unspecified atom stereocenters. The highest BCUT2D eigenvalue weighted by molar-refractivity contribution is 5.90. The van der Waals surface area contributed by atoms with E-state index in [0.717, 1.165) is 12.2 Å². The van der Waals surface area contributed by atoms with Crippen LogP contribution in [0.15, 0.2) is 16.8 Å². The Labute approximate surface area is 122 Å². The summed E-state index contributed by atoms with van der Waals surface area (Å²) in [6.45, 7) is 6.20. The van der Waals surface area contributed by atoms with E-state index in [1.54, 1.807) is 20.0 Å². The summed E-state index contributed by atoms with van der Waals surface area (Å²) in [6.07, 6.45) is 3.96. The van der Waals surface area contributed by atoms with Gasteiger partial charge >= 0.3 is 5.97 Å². The first-order chi connectivity index (χ1) is 10.1. The van der Waals surface area contributed by atoms with E-state index in [9.17, 15) is 4.79 Å². The fourth-order valence-electron chi connectivity index (χ4n) is 1.71. The van der Waals surface area contributed by atoms with E-state index in [2.05, 4.69) is 20.3 Å². The first kappa shape index (κ1) is 15.0. The van der Waals surface area contributed by atoms with E-state index in [-0.39, 0.29) is 0 Å². The summed E-state index contributed by atoms with van der Waals surface area (Å²) in [5.41, 5.74) is 0.930. The number of aromatic nitrogens is 3. The summed E-state index contributed by atoms with van der Waals surface area (Å²) >= 11 is 0. The lowest BCUT2D eigenvalue weighted by molar-refractivity contribution is 0.0524. The highest BCUT2D eigenvalue weighted by atomic mass is 16.5. The number of carbonyl (C=O) groups is 1. The third-order valence-electron chi connectivity index (χ3n) is 2.82. The van der Waals surface area contributed by atoms with Crippen molar-refractivity contribution >= 4 is 11.9 Å². The number of hydrogen-bond acceptors (Lipinski definition) is 7. The van der Waals surface area contributed by atoms with Gasteiger partial charge in [0.2, 0.25) is 11.8 Å². The topological polar surface area (TPSA) is 90.1 Å². The average molecular weight is 290 g/mol. The van der Waals surface area contributed by atoms with Crippen LogP contribution in [-0.2, 0) is 17.7 Å². The van der Waals surface area contributed by atoms with Gasteiger partial charge in [0.15, 0.2) is 0 Å². The number of esters is 1. The van der Waals surface area contributed by atoms with Crippen molar-refractivity contribution in [3.63, 3.8) is 0 Å². The summed E-state index contributed by atoms with van der Waals surface area (Å²) in [5.74, 6) is 1.41. The largest absolute Gasteiger partial charge is 0.462 e. The van der Waals surface area contributed by atoms with Gasteiger partial charge in [0.25, 0.3) is 0 Å². The van der Waals surface area contributed by atoms with Gasteiger partial charge in [-0.05, 0) is 13.8 Å². The Hall–Kier alpha value is -2.44. The van der Waals surface area contributed by atoms with Crippen molar-refractivity contribution < 1.29 is 13.9 Å². The average Bonchev–Trinajstić information content (AvgIpc) is 2.93. The second-order valence-electron chi connectivity index (χ2n) is 4.34. The third kappa shape index (κ3) is 3.77. The van der Waals surface area contributed by atoms with Crippen LogP contribution in [0.4, 0.5) is 5.95 Å². The molecule has 0 aliphatic rings. The van der Waals surface area contributed by atoms with Gasteiger partial charge in [-0.1, -0.05) is 6.92 Å². The molecule has 0 amide bonds. The maximum Gasteiger partial charge on any atom is 0.341 e. The Kier molecular flexibility index (Phi) is 4.86. The number of anilines is 1. The zero-order valence-electron chi connectivity index (χ0n) is 12.3. The van der Waals surface area contributed by atoms with Gasteiger partial charge < -0.3 is 14.5 Å². The van der Waals surface area contributed by atoms with Crippen molar-refractivity contribution in [2.75, 3.05) is 11.9 Å². The zero-order valence-corrected chi connectivity index (χ0v) is 12.3. The number of nitrogens with zero attached hydrogens (tertiary/aromatic N) is 3. The molecule has 0 aliphatic carbocycles. The van der Waals surface area contributed by atoms with Crippen molar-refractivity contribution in [2.45, 2.75) is 33.7 Å². The molecule has 0 radical (unpaired) electrons. The van der Waals surface area contributed by atoms with Crippen molar-refractivity contribution in [3.05, 3.63) is 35.3 Å². The van der Waals surface area contributed by atoms with Crippen LogP contribution in [-0.4, -0.2) is 27.5 Å². The molecule has 0 bridgehead atoms. The van der Waals surface area contributed by atoms with Crippen LogP contribution in [0.25, 0.3) is 0 Å². The van der Waals surface area contributed by atoms with E-state index in [1.165, 1.54) is 6.20 Å². The Morgan fingerprint density at radius 1 is 1.33 bits per heavy atom. The van der Waals surface area contributed by atoms with E-state index >= 15 is 0 Å². The number of hydrogen-bond donors (Lipinski definition) is 1. The Bertz CT molecular complexity index is 624. The summed E-state index contributed by atoms with van der Waals surface area (Å²) in [4.78, 5) is 24.1. The fraction of sp³-hybridized carbons (Fsp3) is 0.429. The maximum atomic E-state index is 11.6. The van der Waals surface area contributed by atoms with Crippen molar-refractivity contribution in [1.82, 2.24) is 15.0 Å². The second kappa shape index (κ2) is 6.83. The van der Waals surface area contributed by atoms with Crippen LogP contribution in [0.3, 0.4) is 0 Å². The molecule has 0 spiro atoms. The van der Waals surface area contributed by atoms with Crippen molar-refractivity contribution in [3.8, 4) is 0 Å². The molecular weight excluding hydrogens is 272 g/mol. The summed E-state index contributed by atoms with van der Waals surface area (Å²) in [5, 5.41) is 3.01.